The number of hydrogen-bond donors (Lipinski definition) is 1. The highest BCUT2D eigenvalue weighted by Crippen LogP contribution is 2.43. The van der Waals surface area contributed by atoms with E-state index in [0.717, 1.165) is 12.1 Å². The number of nitrogen functional groups attached to an aromatic ring is 1. The van der Waals surface area contributed by atoms with Crippen LogP contribution in [0, 0.1) is 0 Å². The van der Waals surface area contributed by atoms with Gasteiger partial charge in [0.1, 0.15) is 0 Å². The van der Waals surface area contributed by atoms with Crippen molar-refractivity contribution in [2.45, 2.75) is 39.0 Å². The molecule has 1 nitrogen and oxygen atoms in total. The van der Waals surface area contributed by atoms with Gasteiger partial charge in [-0.05, 0) is 67.6 Å². The summed E-state index contributed by atoms with van der Waals surface area (Å²) < 4.78 is 0. The number of benzene rings is 5. The summed E-state index contributed by atoms with van der Waals surface area (Å²) in [7, 11) is 0. The molecule has 0 radical (unpaired) electrons. The molecule has 0 aliphatic heterocycles. The molecule has 0 amide bonds. The second-order valence-electron chi connectivity index (χ2n) is 7.74. The van der Waals surface area contributed by atoms with E-state index < -0.39 is 0 Å². The van der Waals surface area contributed by atoms with Gasteiger partial charge in [-0.1, -0.05) is 80.8 Å². The predicted octanol–water partition coefficient (Wildman–Crippen LogP) is 7.44. The van der Waals surface area contributed by atoms with Gasteiger partial charge < -0.3 is 5.73 Å². The first-order chi connectivity index (χ1) is 13.3. The Kier molecular flexibility index (Phi) is 3.89. The van der Waals surface area contributed by atoms with Crippen molar-refractivity contribution in [2.75, 3.05) is 5.73 Å². The summed E-state index contributed by atoms with van der Waals surface area (Å²) in [6.07, 6.45) is 6.10. The predicted molar refractivity (Wildman–Crippen MR) is 120 cm³/mol. The minimum absolute atomic E-state index is 0.947. The Morgan fingerprint density at radius 2 is 1.33 bits per heavy atom. The molecule has 0 aliphatic rings. The van der Waals surface area contributed by atoms with Gasteiger partial charge in [0.15, 0.2) is 0 Å². The van der Waals surface area contributed by atoms with E-state index in [0.29, 0.717) is 0 Å². The molecule has 0 bridgehead atoms. The second kappa shape index (κ2) is 6.42. The van der Waals surface area contributed by atoms with Gasteiger partial charge in [-0.2, -0.15) is 0 Å². The van der Waals surface area contributed by atoms with Crippen molar-refractivity contribution in [3.05, 3.63) is 66.2 Å². The van der Waals surface area contributed by atoms with Crippen LogP contribution < -0.4 is 5.73 Å². The third-order valence-electron chi connectivity index (χ3n) is 6.05. The largest absolute Gasteiger partial charge is 0.398 e. The van der Waals surface area contributed by atoms with Gasteiger partial charge in [0.05, 0.1) is 0 Å². The molecule has 0 aromatic heterocycles. The fraction of sp³-hybridized carbons (Fsp3) is 0.231. The van der Waals surface area contributed by atoms with E-state index in [1.54, 1.807) is 0 Å². The highest BCUT2D eigenvalue weighted by Gasteiger charge is 2.17. The maximum absolute atomic E-state index is 6.60. The van der Waals surface area contributed by atoms with Crippen LogP contribution >= 0.6 is 0 Å². The van der Waals surface area contributed by atoms with Crippen molar-refractivity contribution >= 4 is 48.8 Å². The lowest BCUT2D eigenvalue weighted by atomic mass is 9.86. The molecule has 0 atom stereocenters. The van der Waals surface area contributed by atoms with E-state index in [9.17, 15) is 0 Å². The normalized spacial score (nSPS) is 12.0. The lowest BCUT2D eigenvalue weighted by Gasteiger charge is -2.19. The number of rotatable bonds is 5. The van der Waals surface area contributed by atoms with Crippen molar-refractivity contribution in [2.24, 2.45) is 0 Å². The van der Waals surface area contributed by atoms with Crippen LogP contribution in [0.4, 0.5) is 5.69 Å². The summed E-state index contributed by atoms with van der Waals surface area (Å²) in [6.45, 7) is 2.26. The van der Waals surface area contributed by atoms with Crippen molar-refractivity contribution < 1.29 is 0 Å². The van der Waals surface area contributed by atoms with E-state index in [4.69, 9.17) is 5.73 Å². The zero-order valence-corrected chi connectivity index (χ0v) is 15.9. The lowest BCUT2D eigenvalue weighted by molar-refractivity contribution is 0.669. The van der Waals surface area contributed by atoms with Gasteiger partial charge in [-0.15, -0.1) is 0 Å². The molecule has 0 saturated heterocycles. The summed E-state index contributed by atoms with van der Waals surface area (Å²) in [5.41, 5.74) is 8.89. The number of nitrogens with two attached hydrogens (primary N) is 1. The molecule has 0 unspecified atom stereocenters. The molecule has 0 aliphatic carbocycles. The van der Waals surface area contributed by atoms with Crippen LogP contribution in [0.1, 0.15) is 38.2 Å². The third kappa shape index (κ3) is 2.45. The Morgan fingerprint density at radius 1 is 0.667 bits per heavy atom. The molecule has 5 aromatic rings. The first-order valence-electron chi connectivity index (χ1n) is 10.2. The van der Waals surface area contributed by atoms with Gasteiger partial charge in [0, 0.05) is 5.69 Å². The average Bonchev–Trinajstić information content (AvgIpc) is 2.69. The van der Waals surface area contributed by atoms with Crippen LogP contribution in [0.15, 0.2) is 60.7 Å². The summed E-state index contributed by atoms with van der Waals surface area (Å²) in [4.78, 5) is 0. The van der Waals surface area contributed by atoms with E-state index >= 15 is 0 Å². The van der Waals surface area contributed by atoms with Crippen LogP contribution in [0.2, 0.25) is 0 Å². The molecular weight excluding hydrogens is 326 g/mol. The summed E-state index contributed by atoms with van der Waals surface area (Å²) in [5, 5.41) is 10.7. The number of unbranched alkanes of at least 4 members (excludes halogenated alkanes) is 3. The van der Waals surface area contributed by atoms with Crippen molar-refractivity contribution in [3.63, 3.8) is 0 Å². The molecular formula is C26H25N. The zero-order valence-electron chi connectivity index (χ0n) is 15.9. The fourth-order valence-corrected chi connectivity index (χ4v) is 4.81. The second-order valence-corrected chi connectivity index (χ2v) is 7.74. The molecule has 0 saturated carbocycles. The smallest absolute Gasteiger partial charge is 0.0359 e. The first kappa shape index (κ1) is 16.4. The SMILES string of the molecule is CCCCCCc1c(N)cc2cccc3c4cccc5cccc(c1c23)c54. The Balaban J connectivity index is 1.92. The molecule has 134 valence electrons. The van der Waals surface area contributed by atoms with Gasteiger partial charge in [-0.3, -0.25) is 0 Å². The van der Waals surface area contributed by atoms with Gasteiger partial charge >= 0.3 is 0 Å². The van der Waals surface area contributed by atoms with Crippen LogP contribution in [0.25, 0.3) is 43.1 Å². The molecule has 27 heavy (non-hydrogen) atoms. The zero-order chi connectivity index (χ0) is 18.4. The van der Waals surface area contributed by atoms with E-state index in [1.165, 1.54) is 74.3 Å². The van der Waals surface area contributed by atoms with E-state index in [2.05, 4.69) is 67.6 Å². The number of anilines is 1. The number of aryl methyl sites for hydroxylation is 1. The standard InChI is InChI=1S/C26H25N/c1-2-3-4-5-12-21-23(27)16-18-11-8-14-20-19-13-6-9-17-10-7-15-22(24(17)19)26(21)25(18)20/h6-11,13-16H,2-5,12,27H2,1H3. The van der Waals surface area contributed by atoms with Crippen LogP contribution in [0.5, 0.6) is 0 Å². The quantitative estimate of drug-likeness (QED) is 0.151. The Hall–Kier alpha value is -2.80. The first-order valence-corrected chi connectivity index (χ1v) is 10.2. The number of fused-ring (bicyclic) bond motifs is 2. The average molecular weight is 351 g/mol. The monoisotopic (exact) mass is 351 g/mol. The minimum atomic E-state index is 0.947. The topological polar surface area (TPSA) is 26.0 Å². The molecule has 5 aromatic carbocycles. The van der Waals surface area contributed by atoms with Gasteiger partial charge in [0.2, 0.25) is 0 Å². The molecule has 0 fully saturated rings. The molecule has 5 rings (SSSR count). The van der Waals surface area contributed by atoms with Gasteiger partial charge in [0.25, 0.3) is 0 Å². The Bertz CT molecular complexity index is 1260. The molecule has 1 heteroatoms. The Labute approximate surface area is 160 Å². The summed E-state index contributed by atoms with van der Waals surface area (Å²) in [5.74, 6) is 0. The summed E-state index contributed by atoms with van der Waals surface area (Å²) in [6, 6.07) is 22.2. The third-order valence-corrected chi connectivity index (χ3v) is 6.05. The lowest BCUT2D eigenvalue weighted by Crippen LogP contribution is -1.99. The van der Waals surface area contributed by atoms with Crippen LogP contribution in [-0.2, 0) is 6.42 Å². The van der Waals surface area contributed by atoms with Crippen molar-refractivity contribution in [3.8, 4) is 0 Å². The van der Waals surface area contributed by atoms with E-state index in [-0.39, 0.29) is 0 Å². The number of hydrogen-bond acceptors (Lipinski definition) is 1. The minimum Gasteiger partial charge on any atom is -0.398 e. The van der Waals surface area contributed by atoms with E-state index in [1.807, 2.05) is 0 Å². The maximum atomic E-state index is 6.60. The maximum Gasteiger partial charge on any atom is 0.0359 e. The molecule has 0 heterocycles. The van der Waals surface area contributed by atoms with Crippen molar-refractivity contribution in [1.82, 2.24) is 0 Å². The fourth-order valence-electron chi connectivity index (χ4n) is 4.81. The highest BCUT2D eigenvalue weighted by molar-refractivity contribution is 6.34. The van der Waals surface area contributed by atoms with Crippen LogP contribution in [-0.4, -0.2) is 0 Å². The Morgan fingerprint density at radius 3 is 2.07 bits per heavy atom. The van der Waals surface area contributed by atoms with Crippen LogP contribution in [0.3, 0.4) is 0 Å². The van der Waals surface area contributed by atoms with Gasteiger partial charge in [-0.25, -0.2) is 0 Å². The summed E-state index contributed by atoms with van der Waals surface area (Å²) >= 11 is 0. The van der Waals surface area contributed by atoms with Crippen molar-refractivity contribution in [1.29, 1.82) is 0 Å². The highest BCUT2D eigenvalue weighted by atomic mass is 14.6. The molecule has 0 spiro atoms. The molecule has 2 N–H and O–H groups in total.